The molecule has 0 saturated heterocycles. The van der Waals surface area contributed by atoms with E-state index in [-0.39, 0.29) is 6.54 Å². The minimum atomic E-state index is -3.40. The quantitative estimate of drug-likeness (QED) is 0.803. The highest BCUT2D eigenvalue weighted by Crippen LogP contribution is 2.26. The van der Waals surface area contributed by atoms with Crippen LogP contribution in [-0.4, -0.2) is 25.8 Å². The van der Waals surface area contributed by atoms with E-state index in [1.54, 1.807) is 15.8 Å². The molecule has 0 aliphatic carbocycles. The number of hydrogen-bond acceptors (Lipinski definition) is 4. The van der Waals surface area contributed by atoms with E-state index in [4.69, 9.17) is 5.73 Å². The van der Waals surface area contributed by atoms with E-state index in [1.807, 2.05) is 6.92 Å². The molecule has 6 heteroatoms. The third-order valence-electron chi connectivity index (χ3n) is 3.48. The van der Waals surface area contributed by atoms with E-state index in [0.29, 0.717) is 23.9 Å². The first-order valence-electron chi connectivity index (χ1n) is 6.77. The molecule has 0 fully saturated rings. The second-order valence-corrected chi connectivity index (χ2v) is 7.46. The number of hydrogen-bond donors (Lipinski definition) is 1. The van der Waals surface area contributed by atoms with E-state index in [0.717, 1.165) is 17.7 Å². The molecule has 0 bridgehead atoms. The van der Waals surface area contributed by atoms with Crippen molar-refractivity contribution in [3.05, 3.63) is 16.3 Å². The number of nitrogens with zero attached hydrogens (tertiary/aromatic N) is 1. The summed E-state index contributed by atoms with van der Waals surface area (Å²) in [5.74, 6) is 0.412. The first-order valence-corrected chi connectivity index (χ1v) is 9.09. The molecule has 0 saturated carbocycles. The summed E-state index contributed by atoms with van der Waals surface area (Å²) in [6.07, 6.45) is 1.99. The first-order chi connectivity index (χ1) is 9.01. The molecule has 0 atom stereocenters. The molecule has 0 spiro atoms. The number of nitrogens with two attached hydrogens (primary N) is 1. The standard InChI is InChI=1S/C13H24N2O2S2/c1-4-11(5-2)10-15(6-3)19(16,17)13-7-8-18-12(13)9-14/h7-8,11H,4-6,9-10,14H2,1-3H3. The van der Waals surface area contributed by atoms with Gasteiger partial charge in [-0.25, -0.2) is 8.42 Å². The lowest BCUT2D eigenvalue weighted by Crippen LogP contribution is -2.35. The topological polar surface area (TPSA) is 63.4 Å². The van der Waals surface area contributed by atoms with Gasteiger partial charge in [0, 0.05) is 24.5 Å². The van der Waals surface area contributed by atoms with Gasteiger partial charge in [0.25, 0.3) is 0 Å². The maximum Gasteiger partial charge on any atom is 0.244 e. The van der Waals surface area contributed by atoms with E-state index in [1.165, 1.54) is 11.3 Å². The van der Waals surface area contributed by atoms with E-state index >= 15 is 0 Å². The minimum absolute atomic E-state index is 0.273. The largest absolute Gasteiger partial charge is 0.326 e. The highest BCUT2D eigenvalue weighted by molar-refractivity contribution is 7.89. The molecule has 1 heterocycles. The molecule has 1 rings (SSSR count). The van der Waals surface area contributed by atoms with E-state index < -0.39 is 10.0 Å². The minimum Gasteiger partial charge on any atom is -0.326 e. The fourth-order valence-corrected chi connectivity index (χ4v) is 4.91. The van der Waals surface area contributed by atoms with Crippen LogP contribution in [0, 0.1) is 5.92 Å². The Morgan fingerprint density at radius 2 is 1.95 bits per heavy atom. The van der Waals surface area contributed by atoms with Gasteiger partial charge in [-0.05, 0) is 17.4 Å². The molecule has 4 nitrogen and oxygen atoms in total. The monoisotopic (exact) mass is 304 g/mol. The van der Waals surface area contributed by atoms with Gasteiger partial charge in [0.05, 0.1) is 4.90 Å². The number of sulfonamides is 1. The van der Waals surface area contributed by atoms with Crippen LogP contribution in [0.1, 0.15) is 38.5 Å². The summed E-state index contributed by atoms with van der Waals surface area (Å²) >= 11 is 1.40. The van der Waals surface area contributed by atoms with Crippen LogP contribution in [-0.2, 0) is 16.6 Å². The Bertz CT molecular complexity index is 479. The zero-order chi connectivity index (χ0) is 14.5. The maximum atomic E-state index is 12.6. The summed E-state index contributed by atoms with van der Waals surface area (Å²) in [7, 11) is -3.40. The van der Waals surface area contributed by atoms with Gasteiger partial charge in [0.2, 0.25) is 10.0 Å². The Morgan fingerprint density at radius 1 is 1.32 bits per heavy atom. The molecule has 0 aliphatic rings. The Labute approximate surface area is 120 Å². The smallest absolute Gasteiger partial charge is 0.244 e. The summed E-state index contributed by atoms with van der Waals surface area (Å²) in [5.41, 5.74) is 5.61. The van der Waals surface area contributed by atoms with Crippen molar-refractivity contribution in [2.45, 2.75) is 45.1 Å². The lowest BCUT2D eigenvalue weighted by molar-refractivity contribution is 0.339. The van der Waals surface area contributed by atoms with Gasteiger partial charge in [-0.2, -0.15) is 4.31 Å². The highest BCUT2D eigenvalue weighted by atomic mass is 32.2. The van der Waals surface area contributed by atoms with Crippen LogP contribution in [0.4, 0.5) is 0 Å². The molecule has 0 aliphatic heterocycles. The van der Waals surface area contributed by atoms with Crippen LogP contribution in [0.3, 0.4) is 0 Å². The zero-order valence-corrected chi connectivity index (χ0v) is 13.6. The van der Waals surface area contributed by atoms with Crippen LogP contribution < -0.4 is 5.73 Å². The summed E-state index contributed by atoms with van der Waals surface area (Å²) < 4.78 is 26.9. The fraction of sp³-hybridized carbons (Fsp3) is 0.692. The van der Waals surface area contributed by atoms with Gasteiger partial charge < -0.3 is 5.73 Å². The molecule has 1 aromatic heterocycles. The van der Waals surface area contributed by atoms with Crippen LogP contribution in [0.5, 0.6) is 0 Å². The zero-order valence-electron chi connectivity index (χ0n) is 11.9. The Balaban J connectivity index is 3.02. The van der Waals surface area contributed by atoms with Crippen molar-refractivity contribution in [1.29, 1.82) is 0 Å². The molecule has 0 unspecified atom stereocenters. The molecule has 2 N–H and O–H groups in total. The summed E-state index contributed by atoms with van der Waals surface area (Å²) in [6, 6.07) is 1.66. The Kier molecular flexibility index (Phi) is 6.46. The lowest BCUT2D eigenvalue weighted by Gasteiger charge is -2.24. The molecular formula is C13H24N2O2S2. The average Bonchev–Trinajstić information content (AvgIpc) is 2.89. The van der Waals surface area contributed by atoms with E-state index in [2.05, 4.69) is 13.8 Å². The molecule has 110 valence electrons. The number of rotatable bonds is 8. The van der Waals surface area contributed by atoms with Gasteiger partial charge in [0.1, 0.15) is 0 Å². The SMILES string of the molecule is CCC(CC)CN(CC)S(=O)(=O)c1ccsc1CN. The van der Waals surface area contributed by atoms with Gasteiger partial charge in [-0.15, -0.1) is 11.3 Å². The Morgan fingerprint density at radius 3 is 2.42 bits per heavy atom. The van der Waals surface area contributed by atoms with Crippen molar-refractivity contribution in [3.8, 4) is 0 Å². The van der Waals surface area contributed by atoms with Crippen LogP contribution >= 0.6 is 11.3 Å². The van der Waals surface area contributed by atoms with Crippen molar-refractivity contribution < 1.29 is 8.42 Å². The third kappa shape index (κ3) is 3.78. The summed E-state index contributed by atoms with van der Waals surface area (Å²) in [4.78, 5) is 1.12. The second kappa shape index (κ2) is 7.38. The lowest BCUT2D eigenvalue weighted by atomic mass is 10.0. The van der Waals surface area contributed by atoms with Crippen molar-refractivity contribution in [2.24, 2.45) is 11.7 Å². The molecule has 0 radical (unpaired) electrons. The van der Waals surface area contributed by atoms with Crippen LogP contribution in [0.15, 0.2) is 16.3 Å². The molecule has 19 heavy (non-hydrogen) atoms. The fourth-order valence-electron chi connectivity index (χ4n) is 2.08. The molecular weight excluding hydrogens is 280 g/mol. The van der Waals surface area contributed by atoms with Crippen molar-refractivity contribution in [1.82, 2.24) is 4.31 Å². The van der Waals surface area contributed by atoms with Gasteiger partial charge >= 0.3 is 0 Å². The first kappa shape index (κ1) is 16.6. The summed E-state index contributed by atoms with van der Waals surface area (Å²) in [5, 5.41) is 1.79. The normalized spacial score (nSPS) is 12.5. The second-order valence-electron chi connectivity index (χ2n) is 4.55. The Hall–Kier alpha value is -0.430. The molecule has 0 aromatic carbocycles. The third-order valence-corrected chi connectivity index (χ3v) is 6.57. The van der Waals surface area contributed by atoms with Crippen LogP contribution in [0.2, 0.25) is 0 Å². The predicted molar refractivity (Wildman–Crippen MR) is 80.7 cm³/mol. The highest BCUT2D eigenvalue weighted by Gasteiger charge is 2.27. The average molecular weight is 304 g/mol. The predicted octanol–water partition coefficient (Wildman–Crippen LogP) is 2.65. The van der Waals surface area contributed by atoms with E-state index in [9.17, 15) is 8.42 Å². The van der Waals surface area contributed by atoms with Crippen LogP contribution in [0.25, 0.3) is 0 Å². The van der Waals surface area contributed by atoms with Crippen molar-refractivity contribution in [3.63, 3.8) is 0 Å². The van der Waals surface area contributed by atoms with Gasteiger partial charge in [0.15, 0.2) is 0 Å². The maximum absolute atomic E-state index is 12.6. The van der Waals surface area contributed by atoms with Crippen molar-refractivity contribution >= 4 is 21.4 Å². The molecule has 1 aromatic rings. The van der Waals surface area contributed by atoms with Gasteiger partial charge in [-0.1, -0.05) is 33.6 Å². The van der Waals surface area contributed by atoms with Gasteiger partial charge in [-0.3, -0.25) is 0 Å². The molecule has 0 amide bonds. The number of thiophene rings is 1. The van der Waals surface area contributed by atoms with Crippen molar-refractivity contribution in [2.75, 3.05) is 13.1 Å². The summed E-state index contributed by atoms with van der Waals surface area (Å²) in [6.45, 7) is 7.45.